The highest BCUT2D eigenvalue weighted by atomic mass is 16.5. The second-order valence-corrected chi connectivity index (χ2v) is 5.97. The van der Waals surface area contributed by atoms with Gasteiger partial charge in [-0.05, 0) is 50.9 Å². The van der Waals surface area contributed by atoms with Crippen LogP contribution in [0.3, 0.4) is 0 Å². The molecule has 2 aliphatic rings. The molecule has 0 radical (unpaired) electrons. The van der Waals surface area contributed by atoms with Gasteiger partial charge in [0.2, 0.25) is 0 Å². The molecule has 0 aliphatic carbocycles. The van der Waals surface area contributed by atoms with Gasteiger partial charge in [0.15, 0.2) is 5.82 Å². The fraction of sp³-hybridized carbons (Fsp3) is 0.625. The van der Waals surface area contributed by atoms with Crippen LogP contribution in [0, 0.1) is 0 Å². The number of hydrogen-bond donors (Lipinski definition) is 0. The van der Waals surface area contributed by atoms with E-state index in [1.165, 1.54) is 12.8 Å². The van der Waals surface area contributed by atoms with Crippen LogP contribution < -0.4 is 4.90 Å². The summed E-state index contributed by atoms with van der Waals surface area (Å²) < 4.78 is 5.69. The zero-order valence-electron chi connectivity index (χ0n) is 12.7. The number of piperidine rings is 1. The molecule has 3 rings (SSSR count). The molecule has 0 aromatic carbocycles. The minimum absolute atomic E-state index is 0.340. The van der Waals surface area contributed by atoms with E-state index in [4.69, 9.17) is 4.74 Å². The third-order valence-corrected chi connectivity index (χ3v) is 4.42. The van der Waals surface area contributed by atoms with Gasteiger partial charge in [0, 0.05) is 31.9 Å². The fourth-order valence-electron chi connectivity index (χ4n) is 3.17. The van der Waals surface area contributed by atoms with Crippen LogP contribution in [0.4, 0.5) is 5.82 Å². The molecule has 1 aromatic rings. The van der Waals surface area contributed by atoms with E-state index in [0.717, 1.165) is 38.3 Å². The summed E-state index contributed by atoms with van der Waals surface area (Å²) in [5, 5.41) is 8.23. The Balaban J connectivity index is 1.56. The molecule has 1 saturated heterocycles. The Morgan fingerprint density at radius 2 is 2.38 bits per heavy atom. The highest BCUT2D eigenvalue weighted by Gasteiger charge is 2.26. The zero-order valence-corrected chi connectivity index (χ0v) is 12.7. The monoisotopic (exact) mass is 288 g/mol. The smallest absolute Gasteiger partial charge is 0.151 e. The number of aromatic nitrogens is 2. The molecule has 2 atom stereocenters. The molecule has 0 N–H and O–H groups in total. The predicted octanol–water partition coefficient (Wildman–Crippen LogP) is 2.07. The Bertz CT molecular complexity index is 465. The normalized spacial score (nSPS) is 25.9. The summed E-state index contributed by atoms with van der Waals surface area (Å²) in [5.74, 6) is 0.993. The lowest BCUT2D eigenvalue weighted by molar-refractivity contribution is 0.0696. The third-order valence-electron chi connectivity index (χ3n) is 4.42. The van der Waals surface area contributed by atoms with Crippen molar-refractivity contribution in [3.05, 3.63) is 30.7 Å². The van der Waals surface area contributed by atoms with E-state index in [0.29, 0.717) is 12.1 Å². The van der Waals surface area contributed by atoms with E-state index in [1.807, 2.05) is 18.4 Å². The van der Waals surface area contributed by atoms with Gasteiger partial charge in [-0.3, -0.25) is 4.90 Å². The lowest BCUT2D eigenvalue weighted by Crippen LogP contribution is -2.49. The van der Waals surface area contributed by atoms with Gasteiger partial charge in [0.1, 0.15) is 6.10 Å². The first-order valence-electron chi connectivity index (χ1n) is 7.86. The minimum Gasteiger partial charge on any atom is -0.497 e. The minimum atomic E-state index is 0.340. The van der Waals surface area contributed by atoms with E-state index in [2.05, 4.69) is 33.1 Å². The van der Waals surface area contributed by atoms with E-state index >= 15 is 0 Å². The van der Waals surface area contributed by atoms with Crippen LogP contribution in [-0.2, 0) is 4.74 Å². The summed E-state index contributed by atoms with van der Waals surface area (Å²) >= 11 is 0. The van der Waals surface area contributed by atoms with Crippen LogP contribution in [0.25, 0.3) is 0 Å². The summed E-state index contributed by atoms with van der Waals surface area (Å²) in [6.45, 7) is 3.10. The van der Waals surface area contributed by atoms with Crippen molar-refractivity contribution < 1.29 is 4.74 Å². The summed E-state index contributed by atoms with van der Waals surface area (Å²) in [5.41, 5.74) is 0. The maximum Gasteiger partial charge on any atom is 0.151 e. The molecule has 2 aliphatic heterocycles. The van der Waals surface area contributed by atoms with Crippen molar-refractivity contribution in [3.63, 3.8) is 0 Å². The fourth-order valence-corrected chi connectivity index (χ4v) is 3.17. The van der Waals surface area contributed by atoms with Gasteiger partial charge in [-0.1, -0.05) is 0 Å². The Hall–Kier alpha value is -1.62. The van der Waals surface area contributed by atoms with E-state index in [-0.39, 0.29) is 0 Å². The summed E-state index contributed by atoms with van der Waals surface area (Å²) in [7, 11) is 2.21. The van der Waals surface area contributed by atoms with Crippen LogP contribution in [0.5, 0.6) is 0 Å². The molecular weight excluding hydrogens is 264 g/mol. The summed E-state index contributed by atoms with van der Waals surface area (Å²) in [6, 6.07) is 4.57. The van der Waals surface area contributed by atoms with Crippen LogP contribution in [0.2, 0.25) is 0 Å². The number of rotatable bonds is 4. The van der Waals surface area contributed by atoms with E-state index < -0.39 is 0 Å². The molecule has 114 valence electrons. The van der Waals surface area contributed by atoms with Crippen LogP contribution in [0.1, 0.15) is 25.7 Å². The number of nitrogens with zero attached hydrogens (tertiary/aromatic N) is 4. The van der Waals surface area contributed by atoms with Crippen molar-refractivity contribution in [1.29, 1.82) is 0 Å². The van der Waals surface area contributed by atoms with Gasteiger partial charge in [-0.15, -0.1) is 5.10 Å². The molecule has 5 nitrogen and oxygen atoms in total. The molecule has 0 bridgehead atoms. The number of ether oxygens (including phenoxy) is 1. The average Bonchev–Trinajstić information content (AvgIpc) is 2.57. The molecule has 0 saturated carbocycles. The number of anilines is 1. The first kappa shape index (κ1) is 14.3. The van der Waals surface area contributed by atoms with E-state index in [1.54, 1.807) is 6.20 Å². The van der Waals surface area contributed by atoms with Crippen LogP contribution in [0.15, 0.2) is 30.7 Å². The summed E-state index contributed by atoms with van der Waals surface area (Å²) in [4.78, 5) is 4.80. The molecule has 0 amide bonds. The topological polar surface area (TPSA) is 41.5 Å². The first-order valence-corrected chi connectivity index (χ1v) is 7.86. The van der Waals surface area contributed by atoms with Crippen molar-refractivity contribution in [1.82, 2.24) is 15.1 Å². The second-order valence-electron chi connectivity index (χ2n) is 5.97. The number of likely N-dealkylation sites (N-methyl/N-ethyl adjacent to an activating group) is 1. The molecule has 5 heteroatoms. The number of allylic oxidation sites excluding steroid dienone is 1. The highest BCUT2D eigenvalue weighted by Crippen LogP contribution is 2.21. The van der Waals surface area contributed by atoms with Crippen molar-refractivity contribution in [2.24, 2.45) is 0 Å². The summed E-state index contributed by atoms with van der Waals surface area (Å²) in [6.07, 6.45) is 10.7. The van der Waals surface area contributed by atoms with Crippen LogP contribution in [-0.4, -0.2) is 53.9 Å². The van der Waals surface area contributed by atoms with Gasteiger partial charge >= 0.3 is 0 Å². The standard InChI is InChI=1S/C16H24N4O/c1-19(13-15-7-2-3-11-21-15)14-6-5-10-20(12-14)16-8-4-9-17-18-16/h3-4,8-9,11,14-15H,2,5-7,10,12-13H2,1H3. The van der Waals surface area contributed by atoms with Crippen LogP contribution >= 0.6 is 0 Å². The van der Waals surface area contributed by atoms with Gasteiger partial charge in [-0.25, -0.2) is 0 Å². The van der Waals surface area contributed by atoms with Gasteiger partial charge in [0.25, 0.3) is 0 Å². The molecule has 1 aromatic heterocycles. The maximum atomic E-state index is 5.69. The SMILES string of the molecule is CN(CC1CCC=CO1)C1CCCN(c2cccnn2)C1. The van der Waals surface area contributed by atoms with Crippen molar-refractivity contribution in [2.45, 2.75) is 37.8 Å². The zero-order chi connectivity index (χ0) is 14.5. The Morgan fingerprint density at radius 1 is 1.43 bits per heavy atom. The van der Waals surface area contributed by atoms with Gasteiger partial charge in [0.05, 0.1) is 6.26 Å². The Morgan fingerprint density at radius 3 is 3.14 bits per heavy atom. The molecule has 2 unspecified atom stereocenters. The van der Waals surface area contributed by atoms with Crippen molar-refractivity contribution >= 4 is 5.82 Å². The molecule has 1 fully saturated rings. The lowest BCUT2D eigenvalue weighted by Gasteiger charge is -2.39. The highest BCUT2D eigenvalue weighted by molar-refractivity contribution is 5.37. The first-order chi connectivity index (χ1) is 10.3. The Labute approximate surface area is 126 Å². The van der Waals surface area contributed by atoms with Gasteiger partial charge < -0.3 is 9.64 Å². The van der Waals surface area contributed by atoms with E-state index in [9.17, 15) is 0 Å². The molecular formula is C16H24N4O. The van der Waals surface area contributed by atoms with Crippen molar-refractivity contribution in [2.75, 3.05) is 31.6 Å². The van der Waals surface area contributed by atoms with Gasteiger partial charge in [-0.2, -0.15) is 5.10 Å². The van der Waals surface area contributed by atoms with Crippen molar-refractivity contribution in [3.8, 4) is 0 Å². The molecule has 21 heavy (non-hydrogen) atoms. The largest absolute Gasteiger partial charge is 0.497 e. The molecule has 0 spiro atoms. The maximum absolute atomic E-state index is 5.69. The third kappa shape index (κ3) is 3.73. The average molecular weight is 288 g/mol. The second kappa shape index (κ2) is 6.89. The lowest BCUT2D eigenvalue weighted by atomic mass is 10.0. The molecule has 3 heterocycles. The number of hydrogen-bond acceptors (Lipinski definition) is 5. The predicted molar refractivity (Wildman–Crippen MR) is 83.1 cm³/mol. The Kier molecular flexibility index (Phi) is 4.70. The quantitative estimate of drug-likeness (QED) is 0.848.